The van der Waals surface area contributed by atoms with Crippen molar-refractivity contribution in [3.63, 3.8) is 0 Å². The Morgan fingerprint density at radius 3 is 2.56 bits per heavy atom. The van der Waals surface area contributed by atoms with Gasteiger partial charge in [0.25, 0.3) is 0 Å². The molecule has 0 fully saturated rings. The van der Waals surface area contributed by atoms with Gasteiger partial charge >= 0.3 is 5.97 Å². The number of Topliss-reactive ketones (excluding diaryl/α,β-unsaturated/α-hetero) is 1. The van der Waals surface area contributed by atoms with E-state index in [1.807, 2.05) is 24.3 Å². The SMILES string of the molecule is COC(=O)C1C(=O)c2c(F)cccc2CN1Cc1ccc(OC)cc1. The van der Waals surface area contributed by atoms with E-state index in [1.165, 1.54) is 13.2 Å². The molecule has 0 aliphatic carbocycles. The number of halogens is 1. The van der Waals surface area contributed by atoms with Crippen LogP contribution in [0.3, 0.4) is 0 Å². The zero-order chi connectivity index (χ0) is 18.0. The van der Waals surface area contributed by atoms with E-state index in [0.29, 0.717) is 12.1 Å². The van der Waals surface area contributed by atoms with Gasteiger partial charge in [0.2, 0.25) is 0 Å². The number of fused-ring (bicyclic) bond motifs is 1. The highest BCUT2D eigenvalue weighted by molar-refractivity contribution is 6.13. The predicted octanol–water partition coefficient (Wildman–Crippen LogP) is 2.57. The van der Waals surface area contributed by atoms with Crippen molar-refractivity contribution in [2.45, 2.75) is 19.1 Å². The second kappa shape index (κ2) is 7.03. The molecule has 0 saturated carbocycles. The summed E-state index contributed by atoms with van der Waals surface area (Å²) in [7, 11) is 2.80. The topological polar surface area (TPSA) is 55.8 Å². The molecule has 1 aliphatic heterocycles. The maximum atomic E-state index is 14.1. The summed E-state index contributed by atoms with van der Waals surface area (Å²) in [6.45, 7) is 0.635. The Hall–Kier alpha value is -2.73. The molecule has 5 nitrogen and oxygen atoms in total. The Morgan fingerprint density at radius 2 is 1.92 bits per heavy atom. The summed E-state index contributed by atoms with van der Waals surface area (Å²) >= 11 is 0. The van der Waals surface area contributed by atoms with Crippen molar-refractivity contribution in [2.24, 2.45) is 0 Å². The number of hydrogen-bond donors (Lipinski definition) is 0. The average molecular weight is 343 g/mol. The van der Waals surface area contributed by atoms with Crippen LogP contribution in [0.4, 0.5) is 4.39 Å². The third kappa shape index (κ3) is 3.25. The number of hydrogen-bond acceptors (Lipinski definition) is 5. The van der Waals surface area contributed by atoms with Crippen molar-refractivity contribution >= 4 is 11.8 Å². The van der Waals surface area contributed by atoms with Crippen LogP contribution < -0.4 is 4.74 Å². The van der Waals surface area contributed by atoms with Gasteiger partial charge in [-0.2, -0.15) is 0 Å². The third-order valence-corrected chi connectivity index (χ3v) is 4.30. The second-order valence-electron chi connectivity index (χ2n) is 5.82. The van der Waals surface area contributed by atoms with Crippen LogP contribution in [-0.4, -0.2) is 36.9 Å². The highest BCUT2D eigenvalue weighted by Gasteiger charge is 2.40. The summed E-state index contributed by atoms with van der Waals surface area (Å²) in [5.41, 5.74) is 1.45. The molecular formula is C19H18FNO4. The predicted molar refractivity (Wildman–Crippen MR) is 88.8 cm³/mol. The fourth-order valence-electron chi connectivity index (χ4n) is 3.07. The van der Waals surface area contributed by atoms with E-state index in [-0.39, 0.29) is 12.1 Å². The molecule has 0 saturated heterocycles. The number of benzene rings is 2. The first-order valence-electron chi connectivity index (χ1n) is 7.81. The van der Waals surface area contributed by atoms with Gasteiger partial charge < -0.3 is 9.47 Å². The van der Waals surface area contributed by atoms with E-state index in [9.17, 15) is 14.0 Å². The molecule has 0 amide bonds. The van der Waals surface area contributed by atoms with Crippen LogP contribution in [0.15, 0.2) is 42.5 Å². The van der Waals surface area contributed by atoms with Crippen molar-refractivity contribution in [1.29, 1.82) is 0 Å². The number of esters is 1. The Kier molecular flexibility index (Phi) is 4.81. The largest absolute Gasteiger partial charge is 0.497 e. The molecule has 0 aromatic heterocycles. The van der Waals surface area contributed by atoms with Crippen molar-refractivity contribution in [3.8, 4) is 5.75 Å². The molecule has 130 valence electrons. The fraction of sp³-hybridized carbons (Fsp3) is 0.263. The maximum absolute atomic E-state index is 14.1. The molecule has 2 aromatic rings. The van der Waals surface area contributed by atoms with Crippen LogP contribution in [-0.2, 0) is 22.6 Å². The first-order valence-corrected chi connectivity index (χ1v) is 7.81. The zero-order valence-corrected chi connectivity index (χ0v) is 14.0. The summed E-state index contributed by atoms with van der Waals surface area (Å²) in [6, 6.07) is 10.7. The van der Waals surface area contributed by atoms with Crippen LogP contribution in [0, 0.1) is 5.82 Å². The number of ketones is 1. The van der Waals surface area contributed by atoms with Gasteiger partial charge in [-0.05, 0) is 29.3 Å². The van der Waals surface area contributed by atoms with Gasteiger partial charge in [-0.1, -0.05) is 24.3 Å². The standard InChI is InChI=1S/C19H18FNO4/c1-24-14-8-6-12(7-9-14)10-21-11-13-4-3-5-15(20)16(13)18(22)17(21)19(23)25-2/h3-9,17H,10-11H2,1-2H3. The Bertz CT molecular complexity index is 804. The van der Waals surface area contributed by atoms with Crippen molar-refractivity contribution in [3.05, 3.63) is 65.0 Å². The highest BCUT2D eigenvalue weighted by Crippen LogP contribution is 2.28. The van der Waals surface area contributed by atoms with Crippen LogP contribution in [0.2, 0.25) is 0 Å². The Balaban J connectivity index is 1.95. The molecular weight excluding hydrogens is 325 g/mol. The molecule has 0 bridgehead atoms. The quantitative estimate of drug-likeness (QED) is 0.631. The van der Waals surface area contributed by atoms with E-state index >= 15 is 0 Å². The first-order chi connectivity index (χ1) is 12.0. The summed E-state index contributed by atoms with van der Waals surface area (Å²) in [5.74, 6) is -1.15. The summed E-state index contributed by atoms with van der Waals surface area (Å²) in [4.78, 5) is 26.6. The van der Waals surface area contributed by atoms with E-state index in [1.54, 1.807) is 24.1 Å². The molecule has 0 N–H and O–H groups in total. The van der Waals surface area contributed by atoms with E-state index in [4.69, 9.17) is 9.47 Å². The Labute approximate surface area is 145 Å². The van der Waals surface area contributed by atoms with Crippen molar-refractivity contribution in [1.82, 2.24) is 4.90 Å². The number of carbonyl (C=O) groups excluding carboxylic acids is 2. The Morgan fingerprint density at radius 1 is 1.20 bits per heavy atom. The molecule has 1 atom stereocenters. The summed E-state index contributed by atoms with van der Waals surface area (Å²) in [6.07, 6.45) is 0. The van der Waals surface area contributed by atoms with Gasteiger partial charge in [-0.25, -0.2) is 9.18 Å². The first kappa shape index (κ1) is 17.1. The monoisotopic (exact) mass is 343 g/mol. The molecule has 6 heteroatoms. The normalized spacial score (nSPS) is 17.1. The number of methoxy groups -OCH3 is 2. The van der Waals surface area contributed by atoms with Gasteiger partial charge in [-0.3, -0.25) is 9.69 Å². The lowest BCUT2D eigenvalue weighted by molar-refractivity contribution is -0.145. The van der Waals surface area contributed by atoms with Crippen molar-refractivity contribution in [2.75, 3.05) is 14.2 Å². The molecule has 1 heterocycles. The molecule has 1 unspecified atom stereocenters. The lowest BCUT2D eigenvalue weighted by Crippen LogP contribution is -2.50. The molecule has 1 aliphatic rings. The number of nitrogens with zero attached hydrogens (tertiary/aromatic N) is 1. The fourth-order valence-corrected chi connectivity index (χ4v) is 3.07. The zero-order valence-electron chi connectivity index (χ0n) is 14.0. The smallest absolute Gasteiger partial charge is 0.331 e. The lowest BCUT2D eigenvalue weighted by atomic mass is 9.91. The minimum absolute atomic E-state index is 0.0242. The minimum atomic E-state index is -1.16. The molecule has 2 aromatic carbocycles. The van der Waals surface area contributed by atoms with Gasteiger partial charge in [0, 0.05) is 13.1 Å². The van der Waals surface area contributed by atoms with Crippen molar-refractivity contribution < 1.29 is 23.5 Å². The molecule has 25 heavy (non-hydrogen) atoms. The highest BCUT2D eigenvalue weighted by atomic mass is 19.1. The van der Waals surface area contributed by atoms with Gasteiger partial charge in [0.05, 0.1) is 19.8 Å². The molecule has 0 radical (unpaired) electrons. The summed E-state index contributed by atoms with van der Waals surface area (Å²) in [5, 5.41) is 0. The van der Waals surface area contributed by atoms with Crippen LogP contribution >= 0.6 is 0 Å². The summed E-state index contributed by atoms with van der Waals surface area (Å²) < 4.78 is 24.0. The van der Waals surface area contributed by atoms with Gasteiger partial charge in [-0.15, -0.1) is 0 Å². The van der Waals surface area contributed by atoms with E-state index in [0.717, 1.165) is 11.3 Å². The second-order valence-corrected chi connectivity index (χ2v) is 5.82. The maximum Gasteiger partial charge on any atom is 0.331 e. The van der Waals surface area contributed by atoms with E-state index < -0.39 is 23.6 Å². The molecule has 3 rings (SSSR count). The van der Waals surface area contributed by atoms with Gasteiger partial charge in [0.1, 0.15) is 11.6 Å². The number of ether oxygens (including phenoxy) is 2. The minimum Gasteiger partial charge on any atom is -0.497 e. The van der Waals surface area contributed by atoms with Gasteiger partial charge in [0.15, 0.2) is 11.8 Å². The number of carbonyl (C=O) groups is 2. The average Bonchev–Trinajstić information content (AvgIpc) is 2.62. The number of rotatable bonds is 4. The van der Waals surface area contributed by atoms with Crippen LogP contribution in [0.5, 0.6) is 5.75 Å². The molecule has 0 spiro atoms. The van der Waals surface area contributed by atoms with Crippen LogP contribution in [0.1, 0.15) is 21.5 Å². The third-order valence-electron chi connectivity index (χ3n) is 4.30. The lowest BCUT2D eigenvalue weighted by Gasteiger charge is -2.34. The van der Waals surface area contributed by atoms with Crippen LogP contribution in [0.25, 0.3) is 0 Å². The van der Waals surface area contributed by atoms with E-state index in [2.05, 4.69) is 0 Å².